The average molecular weight is 859 g/mol. The third kappa shape index (κ3) is 12.0. The van der Waals surface area contributed by atoms with E-state index in [4.69, 9.17) is 33.3 Å². The van der Waals surface area contributed by atoms with Crippen LogP contribution in [0, 0.1) is 29.6 Å². The summed E-state index contributed by atoms with van der Waals surface area (Å²) >= 11 is 0. The minimum atomic E-state index is -1.92. The SMILES string of the molecule is CC[C@H]1OC(=O)[C@H](C)[C@@H](OC2C[C@@](C)(OC)[C@@H](O)[C@H](C)O2)[C@H](C)[C@@H](O[C@@H]2O[C@H](C)C[C@H](N(C)C)[C@H]2O)C(C)(O)C[C@@H](C)/C(=N\OCCC2CCCCC2)[C@H](C)[C@@H](O)[C@]1(C)O. The largest absolute Gasteiger partial charge is 0.459 e. The van der Waals surface area contributed by atoms with Crippen LogP contribution in [0.2, 0.25) is 0 Å². The third-order valence-corrected chi connectivity index (χ3v) is 14.4. The summed E-state index contributed by atoms with van der Waals surface area (Å²) in [7, 11) is 5.27. The van der Waals surface area contributed by atoms with Crippen LogP contribution < -0.4 is 0 Å². The van der Waals surface area contributed by atoms with Gasteiger partial charge in [-0.15, -0.1) is 0 Å². The molecule has 1 aliphatic carbocycles. The fourth-order valence-corrected chi connectivity index (χ4v) is 10.4. The number of carbonyl (C=O) groups excluding carboxylic acids is 1. The summed E-state index contributed by atoms with van der Waals surface area (Å²) < 4.78 is 37.9. The lowest BCUT2D eigenvalue weighted by Crippen LogP contribution is -2.61. The maximum Gasteiger partial charge on any atom is 0.311 e. The van der Waals surface area contributed by atoms with Crippen LogP contribution >= 0.6 is 0 Å². The maximum absolute atomic E-state index is 14.4. The lowest BCUT2D eigenvalue weighted by molar-refractivity contribution is -0.317. The third-order valence-electron chi connectivity index (χ3n) is 14.4. The van der Waals surface area contributed by atoms with Crippen molar-refractivity contribution in [3.05, 3.63) is 0 Å². The van der Waals surface area contributed by atoms with E-state index in [0.29, 0.717) is 24.7 Å². The topological polar surface area (TPSA) is 198 Å². The van der Waals surface area contributed by atoms with Crippen LogP contribution in [0.1, 0.15) is 133 Å². The Morgan fingerprint density at radius 2 is 1.53 bits per heavy atom. The Kier molecular flexibility index (Phi) is 18.3. The molecular weight excluding hydrogens is 776 g/mol. The van der Waals surface area contributed by atoms with Gasteiger partial charge in [0, 0.05) is 37.3 Å². The fourth-order valence-electron chi connectivity index (χ4n) is 10.4. The van der Waals surface area contributed by atoms with Gasteiger partial charge in [-0.1, -0.05) is 65.0 Å². The van der Waals surface area contributed by atoms with Gasteiger partial charge in [-0.05, 0) is 87.2 Å². The van der Waals surface area contributed by atoms with E-state index >= 15 is 0 Å². The molecule has 0 aromatic carbocycles. The van der Waals surface area contributed by atoms with Gasteiger partial charge in [0.05, 0.1) is 53.4 Å². The molecule has 4 fully saturated rings. The Bertz CT molecular complexity index is 1380. The van der Waals surface area contributed by atoms with Gasteiger partial charge < -0.3 is 63.7 Å². The lowest BCUT2D eigenvalue weighted by Gasteiger charge is -2.49. The number of aliphatic hydroxyl groups is 5. The number of hydrogen-bond acceptors (Lipinski definition) is 15. The van der Waals surface area contributed by atoms with Crippen LogP contribution in [0.15, 0.2) is 5.16 Å². The molecule has 15 heteroatoms. The molecule has 15 nitrogen and oxygen atoms in total. The zero-order valence-electron chi connectivity index (χ0n) is 38.9. The van der Waals surface area contributed by atoms with Gasteiger partial charge in [-0.3, -0.25) is 4.79 Å². The van der Waals surface area contributed by atoms with E-state index in [1.54, 1.807) is 41.5 Å². The molecule has 0 radical (unpaired) electrons. The zero-order chi connectivity index (χ0) is 44.9. The number of methoxy groups -OCH3 is 1. The number of cyclic esters (lactones) is 1. The van der Waals surface area contributed by atoms with E-state index in [1.165, 1.54) is 33.3 Å². The van der Waals surface area contributed by atoms with Crippen molar-refractivity contribution < 1.29 is 63.6 Å². The summed E-state index contributed by atoms with van der Waals surface area (Å²) in [5.74, 6) is -3.32. The second-order valence-electron chi connectivity index (χ2n) is 19.7. The van der Waals surface area contributed by atoms with Gasteiger partial charge in [0.15, 0.2) is 12.6 Å². The van der Waals surface area contributed by atoms with Crippen molar-refractivity contribution in [2.24, 2.45) is 34.7 Å². The number of ether oxygens (including phenoxy) is 6. The molecule has 4 aliphatic rings. The standard InChI is InChI=1S/C45H82N2O13/c1-14-33-45(10,53)38(49)27(4)35(46-55-21-20-31-18-16-15-17-19-31)25(2)23-43(8,52)40(60-42-36(48)32(47(11)12)22-26(3)56-42)28(5)37(29(6)41(51)58-33)59-34-24-44(9,54-13)39(50)30(7)57-34/h25-34,36-40,42,48-50,52-53H,14-24H2,1-13H3/b46-35+/t25-,26-,27+,28+,29-,30+,32+,33-,34?,36-,37+,38-,39+,40-,42+,43?,44-,45-/m1/s1. The highest BCUT2D eigenvalue weighted by Gasteiger charge is 2.53. The summed E-state index contributed by atoms with van der Waals surface area (Å²) in [6.45, 7) is 17.7. The van der Waals surface area contributed by atoms with E-state index in [9.17, 15) is 30.3 Å². The van der Waals surface area contributed by atoms with Gasteiger partial charge in [-0.25, -0.2) is 0 Å². The van der Waals surface area contributed by atoms with Crippen molar-refractivity contribution in [2.45, 2.75) is 218 Å². The van der Waals surface area contributed by atoms with Gasteiger partial charge in [-0.2, -0.15) is 0 Å². The summed E-state index contributed by atoms with van der Waals surface area (Å²) in [4.78, 5) is 22.3. The number of aliphatic hydroxyl groups excluding tert-OH is 3. The first-order valence-electron chi connectivity index (χ1n) is 22.7. The Morgan fingerprint density at radius 1 is 0.883 bits per heavy atom. The van der Waals surface area contributed by atoms with Gasteiger partial charge in [0.25, 0.3) is 0 Å². The van der Waals surface area contributed by atoms with Crippen LogP contribution in [0.25, 0.3) is 0 Å². The van der Waals surface area contributed by atoms with E-state index in [2.05, 4.69) is 5.16 Å². The molecule has 2 unspecified atom stereocenters. The lowest BCUT2D eigenvalue weighted by atomic mass is 9.73. The summed E-state index contributed by atoms with van der Waals surface area (Å²) in [5.41, 5.74) is -4.25. The Labute approximate surface area is 359 Å². The summed E-state index contributed by atoms with van der Waals surface area (Å²) in [5, 5.41) is 64.3. The molecule has 0 bridgehead atoms. The number of carbonyl (C=O) groups is 1. The van der Waals surface area contributed by atoms with Crippen LogP contribution in [0.3, 0.4) is 0 Å². The molecule has 4 rings (SSSR count). The van der Waals surface area contributed by atoms with E-state index in [-0.39, 0.29) is 31.4 Å². The van der Waals surface area contributed by atoms with Crippen molar-refractivity contribution in [3.63, 3.8) is 0 Å². The highest BCUT2D eigenvalue weighted by molar-refractivity contribution is 5.88. The second-order valence-corrected chi connectivity index (χ2v) is 19.7. The minimum Gasteiger partial charge on any atom is -0.459 e. The Hall–Kier alpha value is -1.50. The number of rotatable bonds is 11. The fraction of sp³-hybridized carbons (Fsp3) is 0.956. The Balaban J connectivity index is 1.83. The number of hydrogen-bond donors (Lipinski definition) is 5. The molecule has 1 saturated carbocycles. The zero-order valence-corrected chi connectivity index (χ0v) is 38.9. The molecule has 0 aromatic rings. The summed E-state index contributed by atoms with van der Waals surface area (Å²) in [6.07, 6.45) is -2.23. The smallest absolute Gasteiger partial charge is 0.311 e. The highest BCUT2D eigenvalue weighted by Crippen LogP contribution is 2.41. The predicted molar refractivity (Wildman–Crippen MR) is 226 cm³/mol. The van der Waals surface area contributed by atoms with Crippen molar-refractivity contribution >= 4 is 11.7 Å². The first-order chi connectivity index (χ1) is 28.0. The highest BCUT2D eigenvalue weighted by atomic mass is 16.7. The van der Waals surface area contributed by atoms with Crippen LogP contribution in [-0.2, 0) is 38.1 Å². The van der Waals surface area contributed by atoms with E-state index in [0.717, 1.165) is 19.3 Å². The first-order valence-corrected chi connectivity index (χ1v) is 22.7. The van der Waals surface area contributed by atoms with Crippen LogP contribution in [-0.4, -0.2) is 154 Å². The quantitative estimate of drug-likeness (QED) is 0.110. The van der Waals surface area contributed by atoms with Crippen molar-refractivity contribution in [1.29, 1.82) is 0 Å². The van der Waals surface area contributed by atoms with E-state index < -0.39 is 102 Å². The molecule has 0 amide bonds. The average Bonchev–Trinajstić information content (AvgIpc) is 3.19. The first kappa shape index (κ1) is 51.1. The van der Waals surface area contributed by atoms with Crippen molar-refractivity contribution in [2.75, 3.05) is 27.8 Å². The number of oxime groups is 1. The van der Waals surface area contributed by atoms with Gasteiger partial charge >= 0.3 is 5.97 Å². The van der Waals surface area contributed by atoms with E-state index in [1.807, 2.05) is 39.8 Å². The number of likely N-dealkylation sites (N-methyl/N-ethyl adjacent to an activating group) is 1. The van der Waals surface area contributed by atoms with Crippen LogP contribution in [0.4, 0.5) is 0 Å². The second kappa shape index (κ2) is 21.5. The number of nitrogens with zero attached hydrogens (tertiary/aromatic N) is 2. The van der Waals surface area contributed by atoms with Crippen LogP contribution in [0.5, 0.6) is 0 Å². The summed E-state index contributed by atoms with van der Waals surface area (Å²) in [6, 6.07) is -0.307. The minimum absolute atomic E-state index is 0.0369. The van der Waals surface area contributed by atoms with Crippen molar-refractivity contribution in [1.82, 2.24) is 4.90 Å². The van der Waals surface area contributed by atoms with Gasteiger partial charge in [0.1, 0.15) is 30.5 Å². The Morgan fingerprint density at radius 3 is 2.13 bits per heavy atom. The normalized spacial score (nSPS) is 46.5. The molecule has 0 aromatic heterocycles. The number of esters is 1. The molecule has 350 valence electrons. The maximum atomic E-state index is 14.4. The molecule has 60 heavy (non-hydrogen) atoms. The molecule has 0 spiro atoms. The predicted octanol–water partition coefficient (Wildman–Crippen LogP) is 4.56. The molecule has 5 N–H and O–H groups in total. The van der Waals surface area contributed by atoms with Crippen molar-refractivity contribution in [3.8, 4) is 0 Å². The molecular formula is C45H82N2O13. The molecule has 3 heterocycles. The van der Waals surface area contributed by atoms with Gasteiger partial charge in [0.2, 0.25) is 0 Å². The molecule has 3 saturated heterocycles. The monoisotopic (exact) mass is 859 g/mol. The molecule has 3 aliphatic heterocycles. The molecule has 18 atom stereocenters.